The summed E-state index contributed by atoms with van der Waals surface area (Å²) in [5.41, 5.74) is -1.15. The molecule has 0 aromatic heterocycles. The van der Waals surface area contributed by atoms with Crippen molar-refractivity contribution in [3.63, 3.8) is 0 Å². The van der Waals surface area contributed by atoms with Gasteiger partial charge in [-0.3, -0.25) is 0 Å². The van der Waals surface area contributed by atoms with Crippen LogP contribution in [0.3, 0.4) is 0 Å². The molecule has 0 radical (unpaired) electrons. The highest BCUT2D eigenvalue weighted by Crippen LogP contribution is 2.58. The lowest BCUT2D eigenvalue weighted by molar-refractivity contribution is -0.222. The van der Waals surface area contributed by atoms with Crippen molar-refractivity contribution in [3.05, 3.63) is 24.8 Å². The molecule has 0 saturated heterocycles. The summed E-state index contributed by atoms with van der Waals surface area (Å²) >= 11 is 0. The fraction of sp³-hybridized carbons (Fsp3) is 0.684. The van der Waals surface area contributed by atoms with Crippen molar-refractivity contribution in [2.45, 2.75) is 49.7 Å². The molecule has 2 unspecified atom stereocenters. The Bertz CT molecular complexity index is 566. The molecule has 0 aliphatic heterocycles. The second kappa shape index (κ2) is 6.92. The van der Waals surface area contributed by atoms with Crippen LogP contribution in [0.4, 0.5) is 0 Å². The Morgan fingerprint density at radius 1 is 1.16 bits per heavy atom. The van der Waals surface area contributed by atoms with Crippen LogP contribution in [-0.2, 0) is 23.8 Å². The lowest BCUT2D eigenvalue weighted by Crippen LogP contribution is -2.60. The number of hydrogen-bond donors (Lipinski definition) is 1. The maximum absolute atomic E-state index is 12.2. The summed E-state index contributed by atoms with van der Waals surface area (Å²) in [5.74, 6) is -0.407. The molecule has 0 spiro atoms. The molecule has 6 heteroatoms. The minimum atomic E-state index is -0.697. The molecular weight excluding hydrogens is 324 g/mol. The van der Waals surface area contributed by atoms with E-state index in [-0.39, 0.29) is 12.2 Å². The van der Waals surface area contributed by atoms with E-state index in [4.69, 9.17) is 14.2 Å². The minimum absolute atomic E-state index is 0.0280. The first-order chi connectivity index (χ1) is 11.8. The zero-order valence-electron chi connectivity index (χ0n) is 14.5. The van der Waals surface area contributed by atoms with Crippen LogP contribution in [0, 0.1) is 11.8 Å². The Morgan fingerprint density at radius 3 is 2.44 bits per heavy atom. The fourth-order valence-electron chi connectivity index (χ4n) is 5.07. The van der Waals surface area contributed by atoms with Crippen LogP contribution in [0.1, 0.15) is 38.5 Å². The smallest absolute Gasteiger partial charge is 0.344 e. The van der Waals surface area contributed by atoms with Crippen LogP contribution in [-0.4, -0.2) is 48.1 Å². The third-order valence-electron chi connectivity index (χ3n) is 5.43. The molecule has 138 valence electrons. The average Bonchev–Trinajstić information content (AvgIpc) is 2.49. The van der Waals surface area contributed by atoms with Gasteiger partial charge in [-0.05, 0) is 43.9 Å². The summed E-state index contributed by atoms with van der Waals surface area (Å²) in [7, 11) is 0. The predicted octanol–water partition coefficient (Wildman–Crippen LogP) is 1.92. The Hall–Kier alpha value is -1.66. The maximum atomic E-state index is 12.2. The van der Waals surface area contributed by atoms with Gasteiger partial charge >= 0.3 is 11.9 Å². The third kappa shape index (κ3) is 4.12. The van der Waals surface area contributed by atoms with E-state index in [0.29, 0.717) is 24.9 Å². The van der Waals surface area contributed by atoms with Crippen molar-refractivity contribution < 1.29 is 28.9 Å². The van der Waals surface area contributed by atoms with E-state index in [2.05, 4.69) is 13.2 Å². The monoisotopic (exact) mass is 350 g/mol. The van der Waals surface area contributed by atoms with Gasteiger partial charge in [0.25, 0.3) is 0 Å². The van der Waals surface area contributed by atoms with Gasteiger partial charge in [-0.1, -0.05) is 12.7 Å². The van der Waals surface area contributed by atoms with Gasteiger partial charge in [0.15, 0.2) is 6.61 Å². The lowest BCUT2D eigenvalue weighted by atomic mass is 9.52. The van der Waals surface area contributed by atoms with Crippen molar-refractivity contribution >= 4 is 11.9 Å². The van der Waals surface area contributed by atoms with Crippen molar-refractivity contribution in [1.29, 1.82) is 0 Å². The van der Waals surface area contributed by atoms with Gasteiger partial charge in [0.1, 0.15) is 5.60 Å². The van der Waals surface area contributed by atoms with Crippen molar-refractivity contribution in [2.75, 3.05) is 19.8 Å². The molecule has 2 atom stereocenters. The number of aliphatic hydroxyl groups is 1. The van der Waals surface area contributed by atoms with E-state index < -0.39 is 29.7 Å². The first-order valence-corrected chi connectivity index (χ1v) is 8.81. The van der Waals surface area contributed by atoms with Crippen molar-refractivity contribution in [2.24, 2.45) is 11.8 Å². The molecule has 4 saturated carbocycles. The fourth-order valence-corrected chi connectivity index (χ4v) is 5.07. The molecule has 4 rings (SSSR count). The SMILES string of the molecule is C=CCOCC(=C)C(=O)OCC(=O)OC12CC3CC(CC(O)(C3)C1)C2. The third-order valence-corrected chi connectivity index (χ3v) is 5.43. The molecule has 0 aromatic rings. The van der Waals surface area contributed by atoms with E-state index in [1.165, 1.54) is 0 Å². The molecule has 4 aliphatic rings. The first-order valence-electron chi connectivity index (χ1n) is 8.81. The highest BCUT2D eigenvalue weighted by Gasteiger charge is 2.59. The largest absolute Gasteiger partial charge is 0.456 e. The summed E-state index contributed by atoms with van der Waals surface area (Å²) in [6.07, 6.45) is 6.39. The number of hydrogen-bond acceptors (Lipinski definition) is 6. The molecule has 4 fully saturated rings. The van der Waals surface area contributed by atoms with E-state index in [9.17, 15) is 14.7 Å². The van der Waals surface area contributed by atoms with Gasteiger partial charge in [0.05, 0.1) is 24.4 Å². The number of esters is 2. The highest BCUT2D eigenvalue weighted by molar-refractivity contribution is 5.89. The lowest BCUT2D eigenvalue weighted by Gasteiger charge is -2.59. The zero-order valence-corrected chi connectivity index (χ0v) is 14.5. The second-order valence-corrected chi connectivity index (χ2v) is 7.83. The van der Waals surface area contributed by atoms with E-state index in [0.717, 1.165) is 32.1 Å². The maximum Gasteiger partial charge on any atom is 0.344 e. The predicted molar refractivity (Wildman–Crippen MR) is 89.6 cm³/mol. The van der Waals surface area contributed by atoms with Crippen LogP contribution in [0.2, 0.25) is 0 Å². The summed E-state index contributed by atoms with van der Waals surface area (Å²) in [5, 5.41) is 10.7. The topological polar surface area (TPSA) is 82.1 Å². The van der Waals surface area contributed by atoms with Crippen molar-refractivity contribution in [1.82, 2.24) is 0 Å². The number of carbonyl (C=O) groups excluding carboxylic acids is 2. The van der Waals surface area contributed by atoms with E-state index in [1.807, 2.05) is 0 Å². The minimum Gasteiger partial charge on any atom is -0.456 e. The van der Waals surface area contributed by atoms with Gasteiger partial charge in [-0.15, -0.1) is 6.58 Å². The number of rotatable bonds is 8. The molecule has 6 nitrogen and oxygen atoms in total. The summed E-state index contributed by atoms with van der Waals surface area (Å²) in [6, 6.07) is 0. The van der Waals surface area contributed by atoms with E-state index in [1.54, 1.807) is 6.08 Å². The van der Waals surface area contributed by atoms with E-state index >= 15 is 0 Å². The molecule has 4 aliphatic carbocycles. The molecule has 0 heterocycles. The van der Waals surface area contributed by atoms with Gasteiger partial charge in [-0.2, -0.15) is 0 Å². The Morgan fingerprint density at radius 2 is 1.84 bits per heavy atom. The first kappa shape index (κ1) is 18.1. The molecule has 25 heavy (non-hydrogen) atoms. The molecule has 0 aromatic carbocycles. The van der Waals surface area contributed by atoms with Crippen LogP contribution in [0.5, 0.6) is 0 Å². The summed E-state index contributed by atoms with van der Waals surface area (Å²) in [6.45, 7) is 6.97. The number of ether oxygens (including phenoxy) is 3. The van der Waals surface area contributed by atoms with Gasteiger partial charge < -0.3 is 19.3 Å². The van der Waals surface area contributed by atoms with Crippen LogP contribution >= 0.6 is 0 Å². The quantitative estimate of drug-likeness (QED) is 0.312. The van der Waals surface area contributed by atoms with Crippen LogP contribution < -0.4 is 0 Å². The normalized spacial score (nSPS) is 35.2. The Labute approximate surface area is 147 Å². The number of carbonyl (C=O) groups is 2. The highest BCUT2D eigenvalue weighted by atomic mass is 16.6. The van der Waals surface area contributed by atoms with Crippen molar-refractivity contribution in [3.8, 4) is 0 Å². The Balaban J connectivity index is 1.47. The van der Waals surface area contributed by atoms with Gasteiger partial charge in [0, 0.05) is 6.42 Å². The molecule has 4 bridgehead atoms. The standard InChI is InChI=1S/C19H26O6/c1-3-4-23-10-13(2)17(21)24-11-16(20)25-19-8-14-5-15(9-19)7-18(22,6-14)12-19/h3,14-15,22H,1-2,4-12H2. The van der Waals surface area contributed by atoms with Crippen LogP contribution in [0.15, 0.2) is 24.8 Å². The van der Waals surface area contributed by atoms with Crippen LogP contribution in [0.25, 0.3) is 0 Å². The second-order valence-electron chi connectivity index (χ2n) is 7.83. The summed E-state index contributed by atoms with van der Waals surface area (Å²) < 4.78 is 15.8. The molecule has 0 amide bonds. The van der Waals surface area contributed by atoms with Gasteiger partial charge in [-0.25, -0.2) is 9.59 Å². The summed E-state index contributed by atoms with van der Waals surface area (Å²) in [4.78, 5) is 23.9. The molecular formula is C19H26O6. The van der Waals surface area contributed by atoms with Gasteiger partial charge in [0.2, 0.25) is 0 Å². The Kier molecular flexibility index (Phi) is 5.02. The molecule has 1 N–H and O–H groups in total. The zero-order chi connectivity index (χ0) is 18.1. The average molecular weight is 350 g/mol.